The van der Waals surface area contributed by atoms with E-state index in [2.05, 4.69) is 5.32 Å². The lowest BCUT2D eigenvalue weighted by Gasteiger charge is -2.25. The quantitative estimate of drug-likeness (QED) is 0.913. The summed E-state index contributed by atoms with van der Waals surface area (Å²) in [5, 5.41) is 2.37. The van der Waals surface area contributed by atoms with Crippen LogP contribution in [0.15, 0.2) is 30.3 Å². The number of nitrogens with zero attached hydrogens (tertiary/aromatic N) is 1. The van der Waals surface area contributed by atoms with Crippen LogP contribution in [0.1, 0.15) is 23.6 Å². The molecule has 132 valence electrons. The average molecular weight is 346 g/mol. The fourth-order valence-electron chi connectivity index (χ4n) is 2.87. The Kier molecular flexibility index (Phi) is 5.51. The summed E-state index contributed by atoms with van der Waals surface area (Å²) in [7, 11) is 0. The molecule has 0 saturated carbocycles. The first-order chi connectivity index (χ1) is 11.7. The minimum Gasteiger partial charge on any atom is -0.322 e. The Morgan fingerprint density at radius 2 is 1.64 bits per heavy atom. The van der Waals surface area contributed by atoms with E-state index in [0.717, 1.165) is 28.8 Å². The van der Waals surface area contributed by atoms with Crippen LogP contribution in [0.2, 0.25) is 0 Å². The van der Waals surface area contributed by atoms with E-state index in [-0.39, 0.29) is 18.1 Å². The van der Waals surface area contributed by atoms with Crippen molar-refractivity contribution in [2.45, 2.75) is 27.7 Å². The van der Waals surface area contributed by atoms with Crippen LogP contribution in [-0.4, -0.2) is 18.4 Å². The highest BCUT2D eigenvalue weighted by molar-refractivity contribution is 6.02. The number of halogens is 2. The number of hydrogen-bond acceptors (Lipinski definition) is 2. The molecule has 0 saturated heterocycles. The van der Waals surface area contributed by atoms with Gasteiger partial charge in [-0.15, -0.1) is 0 Å². The Hall–Kier alpha value is -2.76. The Bertz CT molecular complexity index is 811. The third kappa shape index (κ3) is 4.41. The Morgan fingerprint density at radius 3 is 2.16 bits per heavy atom. The molecule has 0 fully saturated rings. The number of carbonyl (C=O) groups is 2. The topological polar surface area (TPSA) is 49.4 Å². The van der Waals surface area contributed by atoms with Crippen molar-refractivity contribution >= 4 is 23.2 Å². The molecule has 0 atom stereocenters. The van der Waals surface area contributed by atoms with Crippen molar-refractivity contribution in [1.29, 1.82) is 0 Å². The number of amides is 2. The number of carbonyl (C=O) groups excluding carboxylic acids is 2. The Morgan fingerprint density at radius 1 is 1.04 bits per heavy atom. The molecule has 0 bridgehead atoms. The summed E-state index contributed by atoms with van der Waals surface area (Å²) in [4.78, 5) is 25.7. The van der Waals surface area contributed by atoms with E-state index in [4.69, 9.17) is 0 Å². The van der Waals surface area contributed by atoms with Gasteiger partial charge < -0.3 is 10.2 Å². The average Bonchev–Trinajstić information content (AvgIpc) is 2.48. The summed E-state index contributed by atoms with van der Waals surface area (Å²) >= 11 is 0. The van der Waals surface area contributed by atoms with E-state index in [1.54, 1.807) is 0 Å². The Labute approximate surface area is 145 Å². The molecule has 25 heavy (non-hydrogen) atoms. The normalized spacial score (nSPS) is 10.5. The Balaban J connectivity index is 2.25. The second-order valence-electron chi connectivity index (χ2n) is 6.02. The van der Waals surface area contributed by atoms with Crippen molar-refractivity contribution < 1.29 is 18.4 Å². The summed E-state index contributed by atoms with van der Waals surface area (Å²) in [6, 6.07) is 6.73. The second kappa shape index (κ2) is 7.42. The van der Waals surface area contributed by atoms with Crippen LogP contribution in [0.25, 0.3) is 0 Å². The zero-order chi connectivity index (χ0) is 18.7. The summed E-state index contributed by atoms with van der Waals surface area (Å²) in [6.45, 7) is 6.78. The van der Waals surface area contributed by atoms with Gasteiger partial charge in [0, 0.05) is 13.0 Å². The fraction of sp³-hybridized carbons (Fsp3) is 0.263. The van der Waals surface area contributed by atoms with Crippen LogP contribution < -0.4 is 10.2 Å². The van der Waals surface area contributed by atoms with Crippen molar-refractivity contribution in [3.05, 3.63) is 58.7 Å². The summed E-state index contributed by atoms with van der Waals surface area (Å²) in [6.07, 6.45) is 0. The van der Waals surface area contributed by atoms with Gasteiger partial charge in [-0.2, -0.15) is 0 Å². The highest BCUT2D eigenvalue weighted by Crippen LogP contribution is 2.26. The van der Waals surface area contributed by atoms with Crippen LogP contribution >= 0.6 is 0 Å². The standard InChI is InChI=1S/C19H20F2N2O2/c1-11-7-12(2)19(13(3)8-11)23(14(4)24)10-18(25)22-17-6-5-15(20)9-16(17)21/h5-9H,10H2,1-4H3,(H,22,25). The third-order valence-corrected chi connectivity index (χ3v) is 3.79. The van der Waals surface area contributed by atoms with E-state index in [1.807, 2.05) is 32.9 Å². The molecule has 0 aliphatic carbocycles. The van der Waals surface area contributed by atoms with Crippen LogP contribution in [0.4, 0.5) is 20.2 Å². The molecule has 6 heteroatoms. The van der Waals surface area contributed by atoms with E-state index in [0.29, 0.717) is 11.8 Å². The predicted octanol–water partition coefficient (Wildman–Crippen LogP) is 3.88. The molecule has 2 aromatic carbocycles. The molecule has 0 radical (unpaired) electrons. The third-order valence-electron chi connectivity index (χ3n) is 3.79. The highest BCUT2D eigenvalue weighted by Gasteiger charge is 2.20. The molecular formula is C19H20F2N2O2. The minimum atomic E-state index is -0.870. The van der Waals surface area contributed by atoms with E-state index in [9.17, 15) is 18.4 Å². The fourth-order valence-corrected chi connectivity index (χ4v) is 2.87. The smallest absolute Gasteiger partial charge is 0.244 e. The lowest BCUT2D eigenvalue weighted by Crippen LogP contribution is -2.37. The number of nitrogens with one attached hydrogen (secondary N) is 1. The molecule has 2 aromatic rings. The molecule has 1 N–H and O–H groups in total. The lowest BCUT2D eigenvalue weighted by atomic mass is 10.0. The number of rotatable bonds is 4. The highest BCUT2D eigenvalue weighted by atomic mass is 19.1. The lowest BCUT2D eigenvalue weighted by molar-refractivity contribution is -0.120. The van der Waals surface area contributed by atoms with Crippen LogP contribution in [0, 0.1) is 32.4 Å². The van der Waals surface area contributed by atoms with Crippen LogP contribution in [-0.2, 0) is 9.59 Å². The van der Waals surface area contributed by atoms with Crippen molar-refractivity contribution in [2.75, 3.05) is 16.8 Å². The largest absolute Gasteiger partial charge is 0.322 e. The molecule has 0 unspecified atom stereocenters. The van der Waals surface area contributed by atoms with Gasteiger partial charge in [-0.3, -0.25) is 9.59 Å². The first kappa shape index (κ1) is 18.6. The van der Waals surface area contributed by atoms with E-state index < -0.39 is 17.5 Å². The molecule has 2 rings (SSSR count). The molecule has 0 aromatic heterocycles. The summed E-state index contributed by atoms with van der Waals surface area (Å²) in [5.74, 6) is -2.47. The van der Waals surface area contributed by atoms with Gasteiger partial charge in [-0.25, -0.2) is 8.78 Å². The molecule has 0 aliphatic heterocycles. The second-order valence-corrected chi connectivity index (χ2v) is 6.02. The monoisotopic (exact) mass is 346 g/mol. The van der Waals surface area contributed by atoms with Gasteiger partial charge in [0.1, 0.15) is 18.2 Å². The first-order valence-electron chi connectivity index (χ1n) is 7.80. The molecule has 0 aliphatic rings. The van der Waals surface area contributed by atoms with Crippen molar-refractivity contribution in [2.24, 2.45) is 0 Å². The zero-order valence-corrected chi connectivity index (χ0v) is 14.6. The maximum atomic E-state index is 13.7. The number of hydrogen-bond donors (Lipinski definition) is 1. The zero-order valence-electron chi connectivity index (χ0n) is 14.6. The van der Waals surface area contributed by atoms with E-state index in [1.165, 1.54) is 11.8 Å². The maximum Gasteiger partial charge on any atom is 0.244 e. The van der Waals surface area contributed by atoms with Gasteiger partial charge in [-0.05, 0) is 44.0 Å². The minimum absolute atomic E-state index is 0.132. The van der Waals surface area contributed by atoms with Gasteiger partial charge in [0.15, 0.2) is 0 Å². The summed E-state index contributed by atoms with van der Waals surface area (Å²) in [5.41, 5.74) is 3.32. The summed E-state index contributed by atoms with van der Waals surface area (Å²) < 4.78 is 26.6. The van der Waals surface area contributed by atoms with Crippen LogP contribution in [0.5, 0.6) is 0 Å². The van der Waals surface area contributed by atoms with Gasteiger partial charge in [0.2, 0.25) is 11.8 Å². The van der Waals surface area contributed by atoms with Gasteiger partial charge in [0.05, 0.1) is 11.4 Å². The van der Waals surface area contributed by atoms with Crippen molar-refractivity contribution in [1.82, 2.24) is 0 Å². The SMILES string of the molecule is CC(=O)N(CC(=O)Nc1ccc(F)cc1F)c1c(C)cc(C)cc1C. The number of aryl methyl sites for hydroxylation is 3. The molecule has 4 nitrogen and oxygen atoms in total. The van der Waals surface area contributed by atoms with Crippen molar-refractivity contribution in [3.63, 3.8) is 0 Å². The first-order valence-corrected chi connectivity index (χ1v) is 7.80. The van der Waals surface area contributed by atoms with E-state index >= 15 is 0 Å². The predicted molar refractivity (Wildman–Crippen MR) is 93.7 cm³/mol. The number of benzene rings is 2. The van der Waals surface area contributed by atoms with Crippen LogP contribution in [0.3, 0.4) is 0 Å². The molecule has 2 amide bonds. The number of anilines is 2. The van der Waals surface area contributed by atoms with Crippen molar-refractivity contribution in [3.8, 4) is 0 Å². The molecule has 0 spiro atoms. The molecular weight excluding hydrogens is 326 g/mol. The van der Waals surface area contributed by atoms with Gasteiger partial charge in [0.25, 0.3) is 0 Å². The van der Waals surface area contributed by atoms with Gasteiger partial charge in [-0.1, -0.05) is 17.7 Å². The van der Waals surface area contributed by atoms with Gasteiger partial charge >= 0.3 is 0 Å². The maximum absolute atomic E-state index is 13.7. The molecule has 0 heterocycles.